The van der Waals surface area contributed by atoms with E-state index in [1.165, 1.54) is 0 Å². The molecular formula is C28H41NO4. The number of nitrogens with zero attached hydrogens (tertiary/aromatic N) is 1. The first kappa shape index (κ1) is 27.1. The summed E-state index contributed by atoms with van der Waals surface area (Å²) < 4.78 is 0. The second-order valence-corrected chi connectivity index (χ2v) is 10.7. The summed E-state index contributed by atoms with van der Waals surface area (Å²) in [7, 11) is 0. The number of aliphatic imine (C=N–C) groups is 1. The minimum Gasteiger partial charge on any atom is -0.374 e. The zero-order chi connectivity index (χ0) is 24.8. The van der Waals surface area contributed by atoms with Gasteiger partial charge in [-0.3, -0.25) is 19.4 Å². The molecule has 5 heteroatoms. The van der Waals surface area contributed by atoms with Gasteiger partial charge >= 0.3 is 0 Å². The van der Waals surface area contributed by atoms with Gasteiger partial charge in [-0.05, 0) is 42.6 Å². The number of aliphatic hydroxyl groups is 1. The normalized spacial score (nSPS) is 23.9. The van der Waals surface area contributed by atoms with Gasteiger partial charge in [-0.2, -0.15) is 0 Å². The summed E-state index contributed by atoms with van der Waals surface area (Å²) in [6, 6.07) is 9.67. The highest BCUT2D eigenvalue weighted by Crippen LogP contribution is 2.41. The highest BCUT2D eigenvalue weighted by atomic mass is 16.3. The molecule has 1 aromatic rings. The molecule has 0 aliphatic heterocycles. The Hall–Kier alpha value is -2.14. The highest BCUT2D eigenvalue weighted by Gasteiger charge is 2.63. The minimum atomic E-state index is -2.24. The number of hydrogen-bond acceptors (Lipinski definition) is 5. The molecule has 0 saturated heterocycles. The van der Waals surface area contributed by atoms with Crippen LogP contribution in [0.3, 0.4) is 0 Å². The van der Waals surface area contributed by atoms with Crippen molar-refractivity contribution in [1.82, 2.24) is 0 Å². The molecule has 0 amide bonds. The van der Waals surface area contributed by atoms with Crippen molar-refractivity contribution in [1.29, 1.82) is 0 Å². The molecule has 2 rings (SSSR count). The molecule has 1 fully saturated rings. The molecule has 1 N–H and O–H groups in total. The van der Waals surface area contributed by atoms with E-state index in [1.54, 1.807) is 0 Å². The first-order valence-corrected chi connectivity index (χ1v) is 12.4. The molecule has 0 bridgehead atoms. The summed E-state index contributed by atoms with van der Waals surface area (Å²) in [6.07, 6.45) is 2.14. The van der Waals surface area contributed by atoms with Crippen LogP contribution in [0.5, 0.6) is 0 Å². The van der Waals surface area contributed by atoms with E-state index in [0.29, 0.717) is 43.9 Å². The molecule has 0 heterocycles. The molecular weight excluding hydrogens is 414 g/mol. The number of rotatable bonds is 12. The lowest BCUT2D eigenvalue weighted by molar-refractivity contribution is -0.154. The van der Waals surface area contributed by atoms with Crippen molar-refractivity contribution in [2.24, 2.45) is 34.6 Å². The van der Waals surface area contributed by atoms with Crippen LogP contribution in [0.4, 0.5) is 0 Å². The molecule has 1 saturated carbocycles. The van der Waals surface area contributed by atoms with E-state index in [4.69, 9.17) is 4.99 Å². The summed E-state index contributed by atoms with van der Waals surface area (Å²) in [4.78, 5) is 45.1. The van der Waals surface area contributed by atoms with E-state index in [-0.39, 0.29) is 24.0 Å². The lowest BCUT2D eigenvalue weighted by atomic mass is 9.79. The third-order valence-electron chi connectivity index (χ3n) is 6.43. The van der Waals surface area contributed by atoms with Crippen molar-refractivity contribution in [3.8, 4) is 0 Å². The molecule has 5 nitrogen and oxygen atoms in total. The largest absolute Gasteiger partial charge is 0.374 e. The summed E-state index contributed by atoms with van der Waals surface area (Å²) >= 11 is 0. The van der Waals surface area contributed by atoms with E-state index in [9.17, 15) is 19.5 Å². The first-order valence-electron chi connectivity index (χ1n) is 12.4. The Kier molecular flexibility index (Phi) is 9.71. The van der Waals surface area contributed by atoms with Crippen LogP contribution >= 0.6 is 0 Å². The average Bonchev–Trinajstić information content (AvgIpc) is 2.94. The lowest BCUT2D eigenvalue weighted by Gasteiger charge is -2.26. The SMILES string of the molecule is CC(C)CCC(=O)[C@@]1(O)C(=O)C(C(CC(C)C)=NCc2ccccc2)C(=O)[C@@H]1CCC(C)C. The van der Waals surface area contributed by atoms with Crippen LogP contribution in [0.2, 0.25) is 0 Å². The maximum atomic E-state index is 13.6. The Morgan fingerprint density at radius 2 is 1.58 bits per heavy atom. The van der Waals surface area contributed by atoms with Crippen molar-refractivity contribution in [3.05, 3.63) is 35.9 Å². The smallest absolute Gasteiger partial charge is 0.192 e. The number of carbonyl (C=O) groups is 3. The molecule has 0 radical (unpaired) electrons. The van der Waals surface area contributed by atoms with Crippen LogP contribution in [0.1, 0.15) is 79.2 Å². The van der Waals surface area contributed by atoms with E-state index in [1.807, 2.05) is 71.9 Å². The van der Waals surface area contributed by atoms with Crippen LogP contribution in [0, 0.1) is 29.6 Å². The Balaban J connectivity index is 2.45. The van der Waals surface area contributed by atoms with Gasteiger partial charge in [0.05, 0.1) is 12.5 Å². The van der Waals surface area contributed by atoms with Gasteiger partial charge in [0.25, 0.3) is 0 Å². The van der Waals surface area contributed by atoms with Gasteiger partial charge in [-0.15, -0.1) is 0 Å². The van der Waals surface area contributed by atoms with Crippen molar-refractivity contribution < 1.29 is 19.5 Å². The third-order valence-corrected chi connectivity index (χ3v) is 6.43. The average molecular weight is 456 g/mol. The molecule has 1 aromatic carbocycles. The van der Waals surface area contributed by atoms with E-state index in [2.05, 4.69) is 0 Å². The summed E-state index contributed by atoms with van der Waals surface area (Å²) in [5.74, 6) is -2.91. The molecule has 1 aliphatic rings. The molecule has 0 aromatic heterocycles. The lowest BCUT2D eigenvalue weighted by Crippen LogP contribution is -2.50. The topological polar surface area (TPSA) is 83.8 Å². The van der Waals surface area contributed by atoms with Gasteiger partial charge in [0, 0.05) is 12.1 Å². The molecule has 182 valence electrons. The minimum absolute atomic E-state index is 0.0960. The second kappa shape index (κ2) is 11.8. The number of benzene rings is 1. The van der Waals surface area contributed by atoms with E-state index < -0.39 is 29.0 Å². The van der Waals surface area contributed by atoms with Crippen molar-refractivity contribution in [2.45, 2.75) is 85.8 Å². The van der Waals surface area contributed by atoms with Crippen molar-refractivity contribution in [3.63, 3.8) is 0 Å². The highest BCUT2D eigenvalue weighted by molar-refractivity contribution is 6.34. The van der Waals surface area contributed by atoms with Gasteiger partial charge in [-0.1, -0.05) is 78.3 Å². The van der Waals surface area contributed by atoms with Crippen LogP contribution < -0.4 is 0 Å². The quantitative estimate of drug-likeness (QED) is 0.345. The predicted molar refractivity (Wildman–Crippen MR) is 132 cm³/mol. The first-order chi connectivity index (χ1) is 15.5. The summed E-state index contributed by atoms with van der Waals surface area (Å²) in [6.45, 7) is 12.4. The van der Waals surface area contributed by atoms with Gasteiger partial charge in [0.2, 0.25) is 0 Å². The molecule has 1 aliphatic carbocycles. The fourth-order valence-electron chi connectivity index (χ4n) is 4.51. The maximum Gasteiger partial charge on any atom is 0.192 e. The van der Waals surface area contributed by atoms with Gasteiger partial charge in [-0.25, -0.2) is 0 Å². The van der Waals surface area contributed by atoms with Gasteiger partial charge < -0.3 is 5.11 Å². The Labute approximate surface area is 199 Å². The predicted octanol–water partition coefficient (Wildman–Crippen LogP) is 5.23. The number of hydrogen-bond donors (Lipinski definition) is 1. The third kappa shape index (κ3) is 6.69. The van der Waals surface area contributed by atoms with Gasteiger partial charge in [0.15, 0.2) is 23.0 Å². The van der Waals surface area contributed by atoms with Crippen molar-refractivity contribution in [2.75, 3.05) is 0 Å². The molecule has 3 atom stereocenters. The fraction of sp³-hybridized carbons (Fsp3) is 0.643. The van der Waals surface area contributed by atoms with Crippen LogP contribution in [-0.2, 0) is 20.9 Å². The summed E-state index contributed by atoms with van der Waals surface area (Å²) in [5.41, 5.74) is -0.766. The fourth-order valence-corrected chi connectivity index (χ4v) is 4.51. The van der Waals surface area contributed by atoms with E-state index in [0.717, 1.165) is 5.56 Å². The Bertz CT molecular complexity index is 856. The number of Topliss-reactive ketones (excluding diaryl/α,β-unsaturated/α-hetero) is 3. The molecule has 0 spiro atoms. The second-order valence-electron chi connectivity index (χ2n) is 10.7. The Morgan fingerprint density at radius 3 is 2.12 bits per heavy atom. The zero-order valence-corrected chi connectivity index (χ0v) is 21.1. The maximum absolute atomic E-state index is 13.6. The Morgan fingerprint density at radius 1 is 0.970 bits per heavy atom. The van der Waals surface area contributed by atoms with Crippen LogP contribution in [0.25, 0.3) is 0 Å². The number of carbonyl (C=O) groups excluding carboxylic acids is 3. The zero-order valence-electron chi connectivity index (χ0n) is 21.1. The standard InChI is InChI=1S/C28H41NO4/c1-18(2)12-14-22-26(31)25(27(32)28(22,33)24(30)15-13-19(3)4)23(16-20(5)6)29-17-21-10-8-7-9-11-21/h7-11,18-20,22,25,33H,12-17H2,1-6H3/t22-,25?,28+/m0/s1. The monoisotopic (exact) mass is 455 g/mol. The number of ketones is 3. The van der Waals surface area contributed by atoms with Crippen LogP contribution in [0.15, 0.2) is 35.3 Å². The molecule has 33 heavy (non-hydrogen) atoms. The van der Waals surface area contributed by atoms with Crippen LogP contribution in [-0.4, -0.2) is 33.8 Å². The summed E-state index contributed by atoms with van der Waals surface area (Å²) in [5, 5.41) is 11.5. The molecule has 1 unspecified atom stereocenters. The van der Waals surface area contributed by atoms with Crippen molar-refractivity contribution >= 4 is 23.1 Å². The van der Waals surface area contributed by atoms with Gasteiger partial charge in [0.1, 0.15) is 5.92 Å². The van der Waals surface area contributed by atoms with E-state index >= 15 is 0 Å².